The summed E-state index contributed by atoms with van der Waals surface area (Å²) >= 11 is 0. The summed E-state index contributed by atoms with van der Waals surface area (Å²) < 4.78 is 0. The first kappa shape index (κ1) is 9.47. The fourth-order valence-electron chi connectivity index (χ4n) is 1.19. The Labute approximate surface area is 74.9 Å². The molecule has 0 aliphatic carbocycles. The molecular weight excluding hydrogens is 172 g/mol. The Balaban J connectivity index is 3.43. The molecule has 1 aromatic rings. The van der Waals surface area contributed by atoms with Crippen LogP contribution in [-0.2, 0) is 6.61 Å². The molecule has 0 unspecified atom stereocenters. The van der Waals surface area contributed by atoms with Crippen LogP contribution in [-0.4, -0.2) is 10.0 Å². The third-order valence-electron chi connectivity index (χ3n) is 1.86. The van der Waals surface area contributed by atoms with E-state index in [1.807, 2.05) is 0 Å². The van der Waals surface area contributed by atoms with Crippen LogP contribution >= 0.6 is 0 Å². The van der Waals surface area contributed by atoms with E-state index in [1.54, 1.807) is 19.1 Å². The Bertz CT molecular complexity index is 349. The molecule has 0 spiro atoms. The van der Waals surface area contributed by atoms with Crippen molar-refractivity contribution in [2.75, 3.05) is 5.73 Å². The summed E-state index contributed by atoms with van der Waals surface area (Å²) in [5.41, 5.74) is 6.32. The van der Waals surface area contributed by atoms with Crippen LogP contribution in [0.25, 0.3) is 0 Å². The molecule has 3 N–H and O–H groups in total. The van der Waals surface area contributed by atoms with Crippen molar-refractivity contribution in [3.8, 4) is 0 Å². The van der Waals surface area contributed by atoms with E-state index in [2.05, 4.69) is 0 Å². The van der Waals surface area contributed by atoms with Crippen molar-refractivity contribution < 1.29 is 10.0 Å². The maximum Gasteiger partial charge on any atom is 0.279 e. The van der Waals surface area contributed by atoms with Crippen molar-refractivity contribution in [2.45, 2.75) is 13.5 Å². The minimum absolute atomic E-state index is 0.0949. The number of aliphatic hydroxyl groups is 1. The fourth-order valence-corrected chi connectivity index (χ4v) is 1.19. The number of nitrogen functional groups attached to an aromatic ring is 1. The van der Waals surface area contributed by atoms with Crippen molar-refractivity contribution in [3.63, 3.8) is 0 Å². The maximum absolute atomic E-state index is 10.6. The van der Waals surface area contributed by atoms with Crippen molar-refractivity contribution >= 4 is 11.4 Å². The van der Waals surface area contributed by atoms with E-state index in [-0.39, 0.29) is 16.9 Å². The molecule has 0 aromatic heterocycles. The highest BCUT2D eigenvalue weighted by atomic mass is 16.6. The zero-order valence-electron chi connectivity index (χ0n) is 7.15. The van der Waals surface area contributed by atoms with Gasteiger partial charge < -0.3 is 10.8 Å². The van der Waals surface area contributed by atoms with Gasteiger partial charge in [-0.15, -0.1) is 0 Å². The van der Waals surface area contributed by atoms with E-state index >= 15 is 0 Å². The van der Waals surface area contributed by atoms with E-state index in [9.17, 15) is 10.1 Å². The first-order valence-corrected chi connectivity index (χ1v) is 3.71. The lowest BCUT2D eigenvalue weighted by atomic mass is 10.1. The number of anilines is 1. The van der Waals surface area contributed by atoms with Gasteiger partial charge in [0.15, 0.2) is 0 Å². The zero-order chi connectivity index (χ0) is 10.0. The van der Waals surface area contributed by atoms with Gasteiger partial charge in [0.1, 0.15) is 0 Å². The van der Waals surface area contributed by atoms with Crippen LogP contribution in [0.4, 0.5) is 11.4 Å². The summed E-state index contributed by atoms with van der Waals surface area (Å²) in [5, 5.41) is 19.5. The maximum atomic E-state index is 10.6. The lowest BCUT2D eigenvalue weighted by Crippen LogP contribution is -2.02. The SMILES string of the molecule is Cc1ccc(N)c(CO)c1[N+](=O)[O-]. The predicted molar refractivity (Wildman–Crippen MR) is 48.2 cm³/mol. The molecule has 0 heterocycles. The Hall–Kier alpha value is -1.62. The second-order valence-electron chi connectivity index (χ2n) is 2.71. The van der Waals surface area contributed by atoms with Crippen LogP contribution < -0.4 is 5.73 Å². The number of nitrogens with zero attached hydrogens (tertiary/aromatic N) is 1. The number of aryl methyl sites for hydroxylation is 1. The van der Waals surface area contributed by atoms with Crippen LogP contribution in [0.3, 0.4) is 0 Å². The number of aliphatic hydroxyl groups excluding tert-OH is 1. The molecule has 70 valence electrons. The molecule has 0 aliphatic rings. The first-order valence-electron chi connectivity index (χ1n) is 3.71. The highest BCUT2D eigenvalue weighted by molar-refractivity contribution is 5.60. The summed E-state index contributed by atoms with van der Waals surface area (Å²) in [7, 11) is 0. The van der Waals surface area contributed by atoms with E-state index < -0.39 is 11.5 Å². The Kier molecular flexibility index (Phi) is 2.48. The van der Waals surface area contributed by atoms with E-state index in [0.717, 1.165) is 0 Å². The molecule has 0 saturated carbocycles. The largest absolute Gasteiger partial charge is 0.398 e. The molecule has 0 amide bonds. The molecule has 13 heavy (non-hydrogen) atoms. The molecule has 0 bridgehead atoms. The van der Waals surface area contributed by atoms with Gasteiger partial charge in [-0.05, 0) is 13.0 Å². The molecule has 0 saturated heterocycles. The average Bonchev–Trinajstić information content (AvgIpc) is 2.07. The topological polar surface area (TPSA) is 89.4 Å². The zero-order valence-corrected chi connectivity index (χ0v) is 7.15. The number of nitro groups is 1. The van der Waals surface area contributed by atoms with Crippen molar-refractivity contribution in [1.82, 2.24) is 0 Å². The summed E-state index contributed by atoms with van der Waals surface area (Å²) in [4.78, 5) is 10.1. The summed E-state index contributed by atoms with van der Waals surface area (Å²) in [6.45, 7) is 1.19. The van der Waals surface area contributed by atoms with E-state index in [4.69, 9.17) is 10.8 Å². The number of nitro benzene ring substituents is 1. The monoisotopic (exact) mass is 182 g/mol. The third kappa shape index (κ3) is 1.59. The highest BCUT2D eigenvalue weighted by Crippen LogP contribution is 2.27. The van der Waals surface area contributed by atoms with Gasteiger partial charge in [0.2, 0.25) is 0 Å². The summed E-state index contributed by atoms with van der Waals surface area (Å²) in [6.07, 6.45) is 0. The van der Waals surface area contributed by atoms with Crippen molar-refractivity contribution in [2.24, 2.45) is 0 Å². The predicted octanol–water partition coefficient (Wildman–Crippen LogP) is 0.978. The summed E-state index contributed by atoms with van der Waals surface area (Å²) in [6, 6.07) is 3.11. The molecule has 1 rings (SSSR count). The quantitative estimate of drug-likeness (QED) is 0.405. The first-order chi connectivity index (χ1) is 6.07. The molecule has 0 atom stereocenters. The smallest absolute Gasteiger partial charge is 0.279 e. The highest BCUT2D eigenvalue weighted by Gasteiger charge is 2.18. The van der Waals surface area contributed by atoms with Crippen molar-refractivity contribution in [3.05, 3.63) is 33.4 Å². The van der Waals surface area contributed by atoms with Gasteiger partial charge in [0.25, 0.3) is 5.69 Å². The molecule has 1 aromatic carbocycles. The number of nitrogens with two attached hydrogens (primary N) is 1. The van der Waals surface area contributed by atoms with E-state index in [0.29, 0.717) is 5.56 Å². The molecule has 0 fully saturated rings. The van der Waals surface area contributed by atoms with Gasteiger partial charge in [-0.2, -0.15) is 0 Å². The Morgan fingerprint density at radius 2 is 2.23 bits per heavy atom. The summed E-state index contributed by atoms with van der Waals surface area (Å²) in [5.74, 6) is 0. The van der Waals surface area contributed by atoms with E-state index in [1.165, 1.54) is 0 Å². The molecule has 5 heteroatoms. The Morgan fingerprint density at radius 1 is 1.62 bits per heavy atom. The van der Waals surface area contributed by atoms with Crippen LogP contribution in [0.2, 0.25) is 0 Å². The number of benzene rings is 1. The third-order valence-corrected chi connectivity index (χ3v) is 1.86. The average molecular weight is 182 g/mol. The molecule has 0 aliphatic heterocycles. The van der Waals surface area contributed by atoms with Gasteiger partial charge in [0.05, 0.1) is 17.1 Å². The Morgan fingerprint density at radius 3 is 2.62 bits per heavy atom. The normalized spacial score (nSPS) is 10.0. The number of hydrogen-bond donors (Lipinski definition) is 2. The van der Waals surface area contributed by atoms with Gasteiger partial charge >= 0.3 is 0 Å². The second kappa shape index (κ2) is 3.40. The standard InChI is InChI=1S/C8H10N2O3/c1-5-2-3-7(9)6(4-11)8(5)10(12)13/h2-3,11H,4,9H2,1H3. The molecule has 0 radical (unpaired) electrons. The van der Waals surface area contributed by atoms with Gasteiger partial charge in [-0.1, -0.05) is 6.07 Å². The number of rotatable bonds is 2. The molecular formula is C8H10N2O3. The van der Waals surface area contributed by atoms with Crippen molar-refractivity contribution in [1.29, 1.82) is 0 Å². The minimum Gasteiger partial charge on any atom is -0.398 e. The van der Waals surface area contributed by atoms with Gasteiger partial charge in [-0.25, -0.2) is 0 Å². The minimum atomic E-state index is -0.531. The van der Waals surface area contributed by atoms with Crippen LogP contribution in [0, 0.1) is 17.0 Å². The fraction of sp³-hybridized carbons (Fsp3) is 0.250. The second-order valence-corrected chi connectivity index (χ2v) is 2.71. The van der Waals surface area contributed by atoms with Crippen LogP contribution in [0.5, 0.6) is 0 Å². The number of hydrogen-bond acceptors (Lipinski definition) is 4. The lowest BCUT2D eigenvalue weighted by Gasteiger charge is -2.05. The van der Waals surface area contributed by atoms with Crippen LogP contribution in [0.1, 0.15) is 11.1 Å². The lowest BCUT2D eigenvalue weighted by molar-refractivity contribution is -0.386. The van der Waals surface area contributed by atoms with Gasteiger partial charge in [-0.3, -0.25) is 10.1 Å². The molecule has 5 nitrogen and oxygen atoms in total. The van der Waals surface area contributed by atoms with Crippen LogP contribution in [0.15, 0.2) is 12.1 Å². The van der Waals surface area contributed by atoms with Gasteiger partial charge in [0, 0.05) is 11.3 Å².